The Morgan fingerprint density at radius 2 is 0.731 bits per heavy atom. The van der Waals surface area contributed by atoms with Gasteiger partial charge in [-0.1, -0.05) is 159 Å². The summed E-state index contributed by atoms with van der Waals surface area (Å²) < 4.78 is 13.1. The maximum absolute atomic E-state index is 6.73. The molecular formula is C64H41NO2. The number of nitrogens with zero attached hydrogens (tertiary/aromatic N) is 1. The third-order valence-corrected chi connectivity index (χ3v) is 15.5. The van der Waals surface area contributed by atoms with E-state index < -0.39 is 5.41 Å². The summed E-state index contributed by atoms with van der Waals surface area (Å²) in [6, 6.07) is 78.6. The lowest BCUT2D eigenvalue weighted by Gasteiger charge is -2.36. The maximum Gasteiger partial charge on any atom is 0.135 e. The van der Waals surface area contributed by atoms with Gasteiger partial charge in [0.1, 0.15) is 22.3 Å². The highest BCUT2D eigenvalue weighted by Crippen LogP contribution is 2.63. The highest BCUT2D eigenvalue weighted by Gasteiger charge is 2.50. The second kappa shape index (κ2) is 13.1. The number of hydrogen-bond acceptors (Lipinski definition) is 3. The molecule has 0 aliphatic heterocycles. The highest BCUT2D eigenvalue weighted by atomic mass is 16.3. The predicted octanol–water partition coefficient (Wildman–Crippen LogP) is 17.3. The fourth-order valence-electron chi connectivity index (χ4n) is 12.6. The largest absolute Gasteiger partial charge is 0.456 e. The Balaban J connectivity index is 1.03. The lowest BCUT2D eigenvalue weighted by atomic mass is 9.66. The van der Waals surface area contributed by atoms with Crippen molar-refractivity contribution in [2.75, 3.05) is 4.90 Å². The van der Waals surface area contributed by atoms with Gasteiger partial charge in [0.05, 0.1) is 5.41 Å². The zero-order chi connectivity index (χ0) is 44.2. The molecule has 3 aliphatic rings. The molecule has 0 bridgehead atoms. The van der Waals surface area contributed by atoms with Crippen LogP contribution in [0.5, 0.6) is 0 Å². The molecule has 10 aromatic carbocycles. The quantitative estimate of drug-likeness (QED) is 0.177. The SMILES string of the molecule is CC1(C)c2ccccc2-c2ccc(N(c3ccc4c(c3)-c3ccccc3-c3ccccc3C43c4ccccc4-c4cc5c(cc43)oc3ccccc35)c3ccc4oc5ccccc5c4c3)cc21. The molecule has 314 valence electrons. The molecule has 0 saturated carbocycles. The molecular weight excluding hydrogens is 815 g/mol. The van der Waals surface area contributed by atoms with E-state index in [0.29, 0.717) is 0 Å². The number of rotatable bonds is 3. The first-order chi connectivity index (χ1) is 33.0. The topological polar surface area (TPSA) is 29.5 Å². The van der Waals surface area contributed by atoms with Crippen LogP contribution < -0.4 is 4.90 Å². The minimum Gasteiger partial charge on any atom is -0.456 e. The fraction of sp³-hybridized carbons (Fsp3) is 0.0625. The van der Waals surface area contributed by atoms with Crippen LogP contribution in [0, 0.1) is 0 Å². The molecule has 1 unspecified atom stereocenters. The second-order valence-corrected chi connectivity index (χ2v) is 19.1. The molecule has 12 aromatic rings. The second-order valence-electron chi connectivity index (χ2n) is 19.1. The molecule has 0 fully saturated rings. The van der Waals surface area contributed by atoms with Gasteiger partial charge in [-0.2, -0.15) is 0 Å². The molecule has 0 amide bonds. The van der Waals surface area contributed by atoms with Crippen LogP contribution in [-0.4, -0.2) is 0 Å². The third kappa shape index (κ3) is 4.80. The lowest BCUT2D eigenvalue weighted by Crippen LogP contribution is -2.29. The molecule has 3 aliphatic carbocycles. The number of fused-ring (bicyclic) bond motifs is 21. The van der Waals surface area contributed by atoms with Crippen LogP contribution >= 0.6 is 0 Å². The van der Waals surface area contributed by atoms with Crippen molar-refractivity contribution in [2.45, 2.75) is 24.7 Å². The Morgan fingerprint density at radius 1 is 0.284 bits per heavy atom. The standard InChI is InChI=1S/C64H41NO2/c1-63(2)53-22-10-5-18-44(53)46-30-27-40(35-57(46)63)65(39-29-32-61-51(34-39)47-20-8-13-25-59(47)66-61)38-28-31-56-49(33-38)42-16-4-3-15-41(42)43-17-6-11-23-54(43)64(56)55-24-12-7-19-45(55)50-36-52-48-21-9-14-26-60(48)67-62(52)37-58(50)64/h3-37H,1-2H3. The van der Waals surface area contributed by atoms with Crippen LogP contribution in [-0.2, 0) is 10.8 Å². The summed E-state index contributed by atoms with van der Waals surface area (Å²) in [5.41, 5.74) is 23.7. The first kappa shape index (κ1) is 36.9. The summed E-state index contributed by atoms with van der Waals surface area (Å²) in [6.07, 6.45) is 0. The first-order valence-electron chi connectivity index (χ1n) is 23.3. The van der Waals surface area contributed by atoms with Crippen molar-refractivity contribution in [3.8, 4) is 44.5 Å². The number of furan rings is 2. The zero-order valence-electron chi connectivity index (χ0n) is 37.0. The molecule has 1 spiro atoms. The molecule has 2 heterocycles. The summed E-state index contributed by atoms with van der Waals surface area (Å²) in [5.74, 6) is 0. The van der Waals surface area contributed by atoms with E-state index in [4.69, 9.17) is 8.83 Å². The molecule has 3 nitrogen and oxygen atoms in total. The smallest absolute Gasteiger partial charge is 0.135 e. The normalized spacial score (nSPS) is 15.8. The lowest BCUT2D eigenvalue weighted by molar-refractivity contribution is 0.660. The van der Waals surface area contributed by atoms with E-state index >= 15 is 0 Å². The van der Waals surface area contributed by atoms with E-state index in [1.54, 1.807) is 0 Å². The molecule has 3 heteroatoms. The van der Waals surface area contributed by atoms with Crippen molar-refractivity contribution < 1.29 is 8.83 Å². The number of anilines is 3. The van der Waals surface area contributed by atoms with Gasteiger partial charge in [-0.05, 0) is 145 Å². The van der Waals surface area contributed by atoms with E-state index in [-0.39, 0.29) is 5.41 Å². The number of hydrogen-bond donors (Lipinski definition) is 0. The van der Waals surface area contributed by atoms with Gasteiger partial charge >= 0.3 is 0 Å². The molecule has 1 atom stereocenters. The van der Waals surface area contributed by atoms with Crippen LogP contribution in [0.15, 0.2) is 221 Å². The summed E-state index contributed by atoms with van der Waals surface area (Å²) in [5, 5.41) is 4.48. The molecule has 67 heavy (non-hydrogen) atoms. The average Bonchev–Trinajstić information content (AvgIpc) is 4.06. The van der Waals surface area contributed by atoms with Gasteiger partial charge in [0.25, 0.3) is 0 Å². The Bertz CT molecular complexity index is 4110. The van der Waals surface area contributed by atoms with Crippen LogP contribution in [0.3, 0.4) is 0 Å². The summed E-state index contributed by atoms with van der Waals surface area (Å²) in [7, 11) is 0. The van der Waals surface area contributed by atoms with Crippen molar-refractivity contribution in [3.63, 3.8) is 0 Å². The van der Waals surface area contributed by atoms with Crippen molar-refractivity contribution in [1.29, 1.82) is 0 Å². The van der Waals surface area contributed by atoms with Gasteiger partial charge < -0.3 is 13.7 Å². The molecule has 0 radical (unpaired) electrons. The Morgan fingerprint density at radius 3 is 1.45 bits per heavy atom. The molecule has 2 aromatic heterocycles. The van der Waals surface area contributed by atoms with Crippen LogP contribution in [0.4, 0.5) is 17.1 Å². The van der Waals surface area contributed by atoms with Gasteiger partial charge in [-0.15, -0.1) is 0 Å². The van der Waals surface area contributed by atoms with Gasteiger partial charge in [0.15, 0.2) is 0 Å². The predicted molar refractivity (Wildman–Crippen MR) is 275 cm³/mol. The van der Waals surface area contributed by atoms with E-state index in [1.807, 2.05) is 6.07 Å². The summed E-state index contributed by atoms with van der Waals surface area (Å²) >= 11 is 0. The number of para-hydroxylation sites is 2. The van der Waals surface area contributed by atoms with E-state index in [0.717, 1.165) is 60.9 Å². The van der Waals surface area contributed by atoms with Gasteiger partial charge in [-0.3, -0.25) is 0 Å². The van der Waals surface area contributed by atoms with Crippen molar-refractivity contribution in [3.05, 3.63) is 246 Å². The average molecular weight is 856 g/mol. The number of benzene rings is 10. The van der Waals surface area contributed by atoms with Crippen LogP contribution in [0.25, 0.3) is 88.4 Å². The van der Waals surface area contributed by atoms with Crippen molar-refractivity contribution in [1.82, 2.24) is 0 Å². The summed E-state index contributed by atoms with van der Waals surface area (Å²) in [4.78, 5) is 2.46. The van der Waals surface area contributed by atoms with E-state index in [2.05, 4.69) is 225 Å². The minimum atomic E-state index is -0.661. The highest BCUT2D eigenvalue weighted by molar-refractivity contribution is 6.10. The summed E-state index contributed by atoms with van der Waals surface area (Å²) in [6.45, 7) is 4.73. The van der Waals surface area contributed by atoms with E-state index in [1.165, 1.54) is 77.9 Å². The van der Waals surface area contributed by atoms with Crippen LogP contribution in [0.2, 0.25) is 0 Å². The Labute approximate surface area is 387 Å². The Kier molecular flexibility index (Phi) is 7.22. The Hall–Kier alpha value is -8.40. The zero-order valence-corrected chi connectivity index (χ0v) is 37.0. The minimum absolute atomic E-state index is 0.169. The first-order valence-corrected chi connectivity index (χ1v) is 23.3. The molecule has 15 rings (SSSR count). The van der Waals surface area contributed by atoms with Gasteiger partial charge in [0, 0.05) is 44.0 Å². The van der Waals surface area contributed by atoms with Crippen LogP contribution in [0.1, 0.15) is 47.2 Å². The van der Waals surface area contributed by atoms with Gasteiger partial charge in [-0.25, -0.2) is 0 Å². The van der Waals surface area contributed by atoms with Crippen molar-refractivity contribution >= 4 is 60.9 Å². The maximum atomic E-state index is 6.73. The van der Waals surface area contributed by atoms with E-state index in [9.17, 15) is 0 Å². The fourth-order valence-corrected chi connectivity index (χ4v) is 12.6. The molecule has 0 saturated heterocycles. The third-order valence-electron chi connectivity index (χ3n) is 15.5. The van der Waals surface area contributed by atoms with Gasteiger partial charge in [0.2, 0.25) is 0 Å². The molecule has 0 N–H and O–H groups in total. The van der Waals surface area contributed by atoms with Crippen molar-refractivity contribution in [2.24, 2.45) is 0 Å². The monoisotopic (exact) mass is 855 g/mol.